The number of hydrogen-bond acceptors (Lipinski definition) is 5. The molecular formula is C12H16ClNO5S. The van der Waals surface area contributed by atoms with Crippen LogP contribution in [0.5, 0.6) is 0 Å². The summed E-state index contributed by atoms with van der Waals surface area (Å²) in [4.78, 5) is 16.4. The highest BCUT2D eigenvalue weighted by molar-refractivity contribution is 7.89. The van der Waals surface area contributed by atoms with Crippen molar-refractivity contribution in [2.75, 3.05) is 7.11 Å². The van der Waals surface area contributed by atoms with Gasteiger partial charge in [-0.25, -0.2) is 4.79 Å². The van der Waals surface area contributed by atoms with E-state index in [0.717, 1.165) is 7.11 Å². The van der Waals surface area contributed by atoms with Crippen molar-refractivity contribution in [3.05, 3.63) is 29.3 Å². The van der Waals surface area contributed by atoms with Gasteiger partial charge >= 0.3 is 6.09 Å². The molecule has 0 aliphatic rings. The van der Waals surface area contributed by atoms with Gasteiger partial charge in [0.2, 0.25) is 0 Å². The number of amides is 1. The average molecular weight is 322 g/mol. The summed E-state index contributed by atoms with van der Waals surface area (Å²) in [5.41, 5.74) is -0.844. The second-order valence-electron chi connectivity index (χ2n) is 4.85. The average Bonchev–Trinajstić information content (AvgIpc) is 2.27. The Morgan fingerprint density at radius 1 is 1.20 bits per heavy atom. The Hall–Kier alpha value is -1.31. The normalized spacial score (nSPS) is 12.1. The molecule has 0 saturated carbocycles. The number of ether oxygens (including phenoxy) is 1. The topological polar surface area (TPSA) is 72.9 Å². The lowest BCUT2D eigenvalue weighted by atomic mass is 10.2. The van der Waals surface area contributed by atoms with Crippen molar-refractivity contribution >= 4 is 27.7 Å². The second-order valence-corrected chi connectivity index (χ2v) is 7.04. The number of hydroxylamine groups is 1. The van der Waals surface area contributed by atoms with Gasteiger partial charge in [0, 0.05) is 5.02 Å². The largest absolute Gasteiger partial charge is 0.449 e. The smallest absolute Gasteiger partial charge is 0.441 e. The van der Waals surface area contributed by atoms with Gasteiger partial charge in [-0.2, -0.15) is 8.42 Å². The van der Waals surface area contributed by atoms with Gasteiger partial charge in [-0.15, -0.1) is 0 Å². The van der Waals surface area contributed by atoms with E-state index in [1.165, 1.54) is 24.3 Å². The van der Waals surface area contributed by atoms with Crippen LogP contribution < -0.4 is 0 Å². The van der Waals surface area contributed by atoms with Gasteiger partial charge in [0.25, 0.3) is 10.0 Å². The SMILES string of the molecule is CON(C(=O)OC(C)(C)C)S(=O)(=O)c1ccc(Cl)cc1. The molecule has 1 aromatic rings. The minimum absolute atomic E-state index is 0.130. The van der Waals surface area contributed by atoms with Crippen LogP contribution in [0.15, 0.2) is 29.2 Å². The summed E-state index contributed by atoms with van der Waals surface area (Å²) in [6.07, 6.45) is -1.12. The first-order valence-corrected chi connectivity index (χ1v) is 7.48. The third kappa shape index (κ3) is 4.09. The Morgan fingerprint density at radius 2 is 1.70 bits per heavy atom. The molecule has 0 unspecified atom stereocenters. The van der Waals surface area contributed by atoms with E-state index in [2.05, 4.69) is 4.84 Å². The molecule has 20 heavy (non-hydrogen) atoms. The van der Waals surface area contributed by atoms with Crippen molar-refractivity contribution in [1.82, 2.24) is 4.47 Å². The first-order valence-electron chi connectivity index (χ1n) is 5.66. The first-order chi connectivity index (χ1) is 9.08. The quantitative estimate of drug-likeness (QED) is 0.800. The highest BCUT2D eigenvalue weighted by Gasteiger charge is 2.33. The number of benzene rings is 1. The molecule has 1 rings (SSSR count). The fourth-order valence-electron chi connectivity index (χ4n) is 1.27. The van der Waals surface area contributed by atoms with Crippen molar-refractivity contribution in [2.45, 2.75) is 31.3 Å². The van der Waals surface area contributed by atoms with E-state index < -0.39 is 21.7 Å². The molecule has 0 N–H and O–H groups in total. The maximum absolute atomic E-state index is 12.3. The molecule has 0 radical (unpaired) electrons. The van der Waals surface area contributed by atoms with Crippen LogP contribution in [0, 0.1) is 0 Å². The summed E-state index contributed by atoms with van der Waals surface area (Å²) in [5.74, 6) is 0. The number of carbonyl (C=O) groups is 1. The maximum Gasteiger partial charge on any atom is 0.449 e. The lowest BCUT2D eigenvalue weighted by Crippen LogP contribution is -2.40. The lowest BCUT2D eigenvalue weighted by Gasteiger charge is -2.24. The predicted molar refractivity (Wildman–Crippen MR) is 73.7 cm³/mol. The van der Waals surface area contributed by atoms with Crippen LogP contribution in [0.3, 0.4) is 0 Å². The molecule has 0 saturated heterocycles. The zero-order chi connectivity index (χ0) is 15.6. The van der Waals surface area contributed by atoms with Crippen LogP contribution >= 0.6 is 11.6 Å². The van der Waals surface area contributed by atoms with Crippen LogP contribution in [-0.2, 0) is 19.6 Å². The van der Waals surface area contributed by atoms with E-state index in [0.29, 0.717) is 5.02 Å². The van der Waals surface area contributed by atoms with Crippen molar-refractivity contribution < 1.29 is 22.8 Å². The van der Waals surface area contributed by atoms with Crippen LogP contribution in [-0.4, -0.2) is 31.7 Å². The molecular weight excluding hydrogens is 306 g/mol. The molecule has 112 valence electrons. The highest BCUT2D eigenvalue weighted by Crippen LogP contribution is 2.20. The Balaban J connectivity index is 3.10. The van der Waals surface area contributed by atoms with Gasteiger partial charge < -0.3 is 4.74 Å². The van der Waals surface area contributed by atoms with Crippen molar-refractivity contribution in [3.8, 4) is 0 Å². The van der Waals surface area contributed by atoms with Crippen LogP contribution in [0.2, 0.25) is 5.02 Å². The monoisotopic (exact) mass is 321 g/mol. The Labute approximate surface area is 123 Å². The van der Waals surface area contributed by atoms with Crippen LogP contribution in [0.4, 0.5) is 4.79 Å². The summed E-state index contributed by atoms with van der Waals surface area (Å²) < 4.78 is 29.7. The number of sulfonamides is 1. The molecule has 0 fully saturated rings. The number of hydrogen-bond donors (Lipinski definition) is 0. The molecule has 0 aliphatic carbocycles. The third-order valence-electron chi connectivity index (χ3n) is 2.04. The molecule has 8 heteroatoms. The molecule has 0 heterocycles. The molecule has 0 spiro atoms. The molecule has 1 amide bonds. The maximum atomic E-state index is 12.3. The number of nitrogens with zero attached hydrogens (tertiary/aromatic N) is 1. The third-order valence-corrected chi connectivity index (χ3v) is 3.89. The van der Waals surface area contributed by atoms with Crippen LogP contribution in [0.1, 0.15) is 20.8 Å². The zero-order valence-electron chi connectivity index (χ0n) is 11.6. The molecule has 0 atom stereocenters. The summed E-state index contributed by atoms with van der Waals surface area (Å²) in [6, 6.07) is 5.34. The van der Waals surface area contributed by atoms with Gasteiger partial charge in [-0.3, -0.25) is 4.84 Å². The van der Waals surface area contributed by atoms with E-state index in [-0.39, 0.29) is 9.36 Å². The van der Waals surface area contributed by atoms with E-state index in [4.69, 9.17) is 16.3 Å². The Kier molecular flexibility index (Phi) is 5.01. The highest BCUT2D eigenvalue weighted by atomic mass is 35.5. The van der Waals surface area contributed by atoms with Crippen molar-refractivity contribution in [2.24, 2.45) is 0 Å². The number of halogens is 1. The first kappa shape index (κ1) is 16.7. The number of carbonyl (C=O) groups excluding carboxylic acids is 1. The fourth-order valence-corrected chi connectivity index (χ4v) is 2.50. The van der Waals surface area contributed by atoms with E-state index in [1.807, 2.05) is 0 Å². The fraction of sp³-hybridized carbons (Fsp3) is 0.417. The lowest BCUT2D eigenvalue weighted by molar-refractivity contribution is -0.0640. The van der Waals surface area contributed by atoms with Crippen molar-refractivity contribution in [1.29, 1.82) is 0 Å². The van der Waals surface area contributed by atoms with Gasteiger partial charge in [0.15, 0.2) is 0 Å². The predicted octanol–water partition coefficient (Wildman–Crippen LogP) is 2.83. The minimum atomic E-state index is -4.16. The second kappa shape index (κ2) is 5.99. The summed E-state index contributed by atoms with van der Waals surface area (Å²) >= 11 is 5.69. The molecule has 0 aromatic heterocycles. The summed E-state index contributed by atoms with van der Waals surface area (Å²) in [7, 11) is -3.09. The van der Waals surface area contributed by atoms with Gasteiger partial charge in [-0.1, -0.05) is 16.1 Å². The minimum Gasteiger partial charge on any atom is -0.441 e. The van der Waals surface area contributed by atoms with E-state index in [9.17, 15) is 13.2 Å². The Bertz CT molecular complexity index is 577. The van der Waals surface area contributed by atoms with Crippen LogP contribution in [0.25, 0.3) is 0 Å². The molecule has 0 aliphatic heterocycles. The summed E-state index contributed by atoms with van der Waals surface area (Å²) in [6.45, 7) is 4.86. The molecule has 6 nitrogen and oxygen atoms in total. The standard InChI is InChI=1S/C12H16ClNO5S/c1-12(2,3)19-11(15)14(18-4)20(16,17)10-7-5-9(13)6-8-10/h5-8H,1-4H3. The zero-order valence-corrected chi connectivity index (χ0v) is 13.2. The van der Waals surface area contributed by atoms with E-state index in [1.54, 1.807) is 20.8 Å². The number of rotatable bonds is 3. The van der Waals surface area contributed by atoms with Gasteiger partial charge in [0.1, 0.15) is 5.60 Å². The molecule has 1 aromatic carbocycles. The van der Waals surface area contributed by atoms with Gasteiger partial charge in [-0.05, 0) is 45.0 Å². The molecule has 0 bridgehead atoms. The Morgan fingerprint density at radius 3 is 2.10 bits per heavy atom. The summed E-state index contributed by atoms with van der Waals surface area (Å²) in [5, 5.41) is 0.380. The van der Waals surface area contributed by atoms with Crippen molar-refractivity contribution in [3.63, 3.8) is 0 Å². The van der Waals surface area contributed by atoms with E-state index >= 15 is 0 Å². The van der Waals surface area contributed by atoms with Gasteiger partial charge in [0.05, 0.1) is 12.0 Å².